The summed E-state index contributed by atoms with van der Waals surface area (Å²) in [4.78, 5) is 12.2. The van der Waals surface area contributed by atoms with Crippen LogP contribution >= 0.6 is 15.9 Å². The molecule has 0 saturated carbocycles. The molecule has 26 heavy (non-hydrogen) atoms. The third kappa shape index (κ3) is 5.56. The molecule has 1 N–H and O–H groups in total. The van der Waals surface area contributed by atoms with Crippen LogP contribution in [-0.4, -0.2) is 18.7 Å². The topological polar surface area (TPSA) is 50.7 Å². The molecule has 0 atom stereocenters. The maximum absolute atomic E-state index is 12.2. The van der Waals surface area contributed by atoms with E-state index in [0.717, 1.165) is 10.0 Å². The first-order valence-corrected chi connectivity index (χ1v) is 9.08. The van der Waals surface area contributed by atoms with E-state index in [-0.39, 0.29) is 11.3 Å². The molecule has 5 heteroatoms. The van der Waals surface area contributed by atoms with Gasteiger partial charge in [-0.25, -0.2) is 5.43 Å². The monoisotopic (exact) mass is 414 g/mol. The van der Waals surface area contributed by atoms with Crippen molar-refractivity contribution in [1.82, 2.24) is 5.43 Å². The summed E-state index contributed by atoms with van der Waals surface area (Å²) in [5, 5.41) is 4.05. The lowest BCUT2D eigenvalue weighted by Crippen LogP contribution is -2.18. The van der Waals surface area contributed by atoms with E-state index in [9.17, 15) is 4.79 Å². The van der Waals surface area contributed by atoms with E-state index in [1.54, 1.807) is 12.3 Å². The molecule has 2 aromatic rings. The predicted octanol–water partition coefficient (Wildman–Crippen LogP) is 5.08. The summed E-state index contributed by atoms with van der Waals surface area (Å²) in [7, 11) is 0. The van der Waals surface area contributed by atoms with Crippen molar-refractivity contribution in [3.8, 4) is 5.75 Å². The second kappa shape index (κ2) is 8.81. The SMILES string of the molecule is C=CCOc1ccc(Br)cc1/C=N/NC(=O)c1ccc(C(C)(C)C)cc1. The zero-order chi connectivity index (χ0) is 19.2. The van der Waals surface area contributed by atoms with Gasteiger partial charge in [-0.1, -0.05) is 61.5 Å². The molecular formula is C21H23BrN2O2. The lowest BCUT2D eigenvalue weighted by atomic mass is 9.87. The number of hydrogen-bond donors (Lipinski definition) is 1. The van der Waals surface area contributed by atoms with E-state index in [1.165, 1.54) is 5.56 Å². The Morgan fingerprint density at radius 3 is 2.54 bits per heavy atom. The average Bonchev–Trinajstić information content (AvgIpc) is 2.60. The zero-order valence-corrected chi connectivity index (χ0v) is 16.8. The minimum Gasteiger partial charge on any atom is -0.489 e. The van der Waals surface area contributed by atoms with Gasteiger partial charge in [-0.15, -0.1) is 0 Å². The Kier molecular flexibility index (Phi) is 6.75. The van der Waals surface area contributed by atoms with E-state index < -0.39 is 0 Å². The number of amides is 1. The molecule has 0 unspecified atom stereocenters. The molecule has 0 aliphatic rings. The van der Waals surface area contributed by atoms with Gasteiger partial charge in [0, 0.05) is 15.6 Å². The molecular weight excluding hydrogens is 392 g/mol. The van der Waals surface area contributed by atoms with Crippen LogP contribution < -0.4 is 10.2 Å². The van der Waals surface area contributed by atoms with Gasteiger partial charge in [-0.3, -0.25) is 4.79 Å². The van der Waals surface area contributed by atoms with E-state index in [4.69, 9.17) is 4.74 Å². The van der Waals surface area contributed by atoms with Crippen molar-refractivity contribution in [3.63, 3.8) is 0 Å². The standard InChI is InChI=1S/C21H23BrN2O2/c1-5-12-26-19-11-10-18(22)13-16(19)14-23-24-20(25)15-6-8-17(9-7-15)21(2,3)4/h5-11,13-14H,1,12H2,2-4H3,(H,24,25)/b23-14+. The maximum atomic E-state index is 12.2. The van der Waals surface area contributed by atoms with Crippen molar-refractivity contribution in [3.05, 3.63) is 76.3 Å². The highest BCUT2D eigenvalue weighted by Gasteiger charge is 2.14. The lowest BCUT2D eigenvalue weighted by molar-refractivity contribution is 0.0955. The summed E-state index contributed by atoms with van der Waals surface area (Å²) in [6.45, 7) is 10.4. The first kappa shape index (κ1) is 19.9. The molecule has 4 nitrogen and oxygen atoms in total. The fraction of sp³-hybridized carbons (Fsp3) is 0.238. The molecule has 1 amide bonds. The average molecular weight is 415 g/mol. The maximum Gasteiger partial charge on any atom is 0.271 e. The van der Waals surface area contributed by atoms with Gasteiger partial charge < -0.3 is 4.74 Å². The number of nitrogens with one attached hydrogen (secondary N) is 1. The Morgan fingerprint density at radius 2 is 1.92 bits per heavy atom. The van der Waals surface area contributed by atoms with Crippen LogP contribution in [0.1, 0.15) is 42.3 Å². The summed E-state index contributed by atoms with van der Waals surface area (Å²) in [5.74, 6) is 0.408. The molecule has 0 radical (unpaired) electrons. The van der Waals surface area contributed by atoms with E-state index >= 15 is 0 Å². The summed E-state index contributed by atoms with van der Waals surface area (Å²) in [6, 6.07) is 13.1. The number of nitrogens with zero attached hydrogens (tertiary/aromatic N) is 1. The highest BCUT2D eigenvalue weighted by molar-refractivity contribution is 9.10. The summed E-state index contributed by atoms with van der Waals surface area (Å²) < 4.78 is 6.48. The highest BCUT2D eigenvalue weighted by atomic mass is 79.9. The molecule has 2 aromatic carbocycles. The van der Waals surface area contributed by atoms with Crippen molar-refractivity contribution in [2.24, 2.45) is 5.10 Å². The highest BCUT2D eigenvalue weighted by Crippen LogP contribution is 2.23. The van der Waals surface area contributed by atoms with Gasteiger partial charge in [0.15, 0.2) is 0 Å². The Hall–Kier alpha value is -2.40. The number of rotatable bonds is 6. The fourth-order valence-corrected chi connectivity index (χ4v) is 2.63. The molecule has 2 rings (SSSR count). The van der Waals surface area contributed by atoms with Crippen LogP contribution in [0.25, 0.3) is 0 Å². The number of halogens is 1. The minimum absolute atomic E-state index is 0.0513. The summed E-state index contributed by atoms with van der Waals surface area (Å²) in [5.41, 5.74) is 5.09. The molecule has 0 aromatic heterocycles. The van der Waals surface area contributed by atoms with Gasteiger partial charge in [0.1, 0.15) is 12.4 Å². The van der Waals surface area contributed by atoms with Crippen molar-refractivity contribution in [1.29, 1.82) is 0 Å². The Morgan fingerprint density at radius 1 is 1.23 bits per heavy atom. The predicted molar refractivity (Wildman–Crippen MR) is 110 cm³/mol. The Balaban J connectivity index is 2.07. The largest absolute Gasteiger partial charge is 0.489 e. The minimum atomic E-state index is -0.259. The van der Waals surface area contributed by atoms with Crippen molar-refractivity contribution in [2.75, 3.05) is 6.61 Å². The van der Waals surface area contributed by atoms with E-state index in [0.29, 0.717) is 17.9 Å². The van der Waals surface area contributed by atoms with Gasteiger partial charge in [0.25, 0.3) is 5.91 Å². The number of ether oxygens (including phenoxy) is 1. The zero-order valence-electron chi connectivity index (χ0n) is 15.3. The third-order valence-electron chi connectivity index (χ3n) is 3.71. The molecule has 0 bridgehead atoms. The van der Waals surface area contributed by atoms with Gasteiger partial charge >= 0.3 is 0 Å². The Bertz CT molecular complexity index is 806. The third-order valence-corrected chi connectivity index (χ3v) is 4.20. The fourth-order valence-electron chi connectivity index (χ4n) is 2.25. The van der Waals surface area contributed by atoms with Crippen LogP contribution in [0.4, 0.5) is 0 Å². The molecule has 0 aliphatic carbocycles. The molecule has 0 fully saturated rings. The lowest BCUT2D eigenvalue weighted by Gasteiger charge is -2.18. The van der Waals surface area contributed by atoms with Crippen molar-refractivity contribution < 1.29 is 9.53 Å². The van der Waals surface area contributed by atoms with Crippen LogP contribution in [0.15, 0.2) is 64.7 Å². The second-order valence-corrected chi connectivity index (χ2v) is 7.72. The van der Waals surface area contributed by atoms with Gasteiger partial charge in [0.2, 0.25) is 0 Å². The van der Waals surface area contributed by atoms with Gasteiger partial charge in [-0.2, -0.15) is 5.10 Å². The molecule has 0 spiro atoms. The van der Waals surface area contributed by atoms with Crippen LogP contribution in [0.3, 0.4) is 0 Å². The number of hydrogen-bond acceptors (Lipinski definition) is 3. The van der Waals surface area contributed by atoms with Gasteiger partial charge in [-0.05, 0) is 41.3 Å². The van der Waals surface area contributed by atoms with Gasteiger partial charge in [0.05, 0.1) is 6.21 Å². The summed E-state index contributed by atoms with van der Waals surface area (Å²) in [6.07, 6.45) is 3.23. The number of carbonyl (C=O) groups is 1. The van der Waals surface area contributed by atoms with Crippen molar-refractivity contribution >= 4 is 28.1 Å². The van der Waals surface area contributed by atoms with Crippen LogP contribution in [0.5, 0.6) is 5.75 Å². The Labute approximate surface area is 163 Å². The van der Waals surface area contributed by atoms with Crippen LogP contribution in [0.2, 0.25) is 0 Å². The van der Waals surface area contributed by atoms with E-state index in [2.05, 4.69) is 53.8 Å². The van der Waals surface area contributed by atoms with Crippen LogP contribution in [-0.2, 0) is 5.41 Å². The molecule has 0 saturated heterocycles. The first-order valence-electron chi connectivity index (χ1n) is 8.28. The molecule has 136 valence electrons. The normalized spacial score (nSPS) is 11.4. The van der Waals surface area contributed by atoms with E-state index in [1.807, 2.05) is 42.5 Å². The van der Waals surface area contributed by atoms with Crippen molar-refractivity contribution in [2.45, 2.75) is 26.2 Å². The van der Waals surface area contributed by atoms with Crippen LogP contribution in [0, 0.1) is 0 Å². The number of carbonyl (C=O) groups excluding carboxylic acids is 1. The number of benzene rings is 2. The smallest absolute Gasteiger partial charge is 0.271 e. The molecule has 0 aliphatic heterocycles. The number of hydrazone groups is 1. The molecule has 0 heterocycles. The summed E-state index contributed by atoms with van der Waals surface area (Å²) >= 11 is 3.42. The second-order valence-electron chi connectivity index (χ2n) is 6.81. The first-order chi connectivity index (χ1) is 12.3. The quantitative estimate of drug-likeness (QED) is 0.407.